The van der Waals surface area contributed by atoms with Crippen LogP contribution in [0.1, 0.15) is 30.1 Å². The minimum Gasteiger partial charge on any atom is -0.480 e. The van der Waals surface area contributed by atoms with Gasteiger partial charge in [0.05, 0.1) is 5.02 Å². The average molecular weight is 295 g/mol. The zero-order chi connectivity index (χ0) is 14.2. The normalized spacial score (nSPS) is 23.6. The number of nitrogens with one attached hydrogen (secondary N) is 1. The highest BCUT2D eigenvalue weighted by Gasteiger charge is 2.35. The molecule has 4 nitrogen and oxygen atoms in total. The Hall–Kier alpha value is -1.34. The highest BCUT2D eigenvalue weighted by molar-refractivity contribution is 6.31. The summed E-state index contributed by atoms with van der Waals surface area (Å²) < 4.78 is 37.7. The number of hydrogen-bond donors (Lipinski definition) is 2. The Morgan fingerprint density at radius 2 is 2.16 bits per heavy atom. The van der Waals surface area contributed by atoms with Gasteiger partial charge in [-0.2, -0.15) is 13.2 Å². The Labute approximate surface area is 111 Å². The standard InChI is InChI=1S/C11H10ClF3N2O2/c12-6-4-16-9(11(13,14)15)3-5(6)7-1-2-8(17-7)10(18)19/h3-4,7-8,17H,1-2H2,(H,18,19)/t7-,8-/m0/s1. The molecule has 0 spiro atoms. The number of alkyl halides is 3. The molecule has 1 fully saturated rings. The average Bonchev–Trinajstić information content (AvgIpc) is 2.77. The van der Waals surface area contributed by atoms with Crippen LogP contribution in [0.2, 0.25) is 5.02 Å². The zero-order valence-corrected chi connectivity index (χ0v) is 10.3. The molecule has 1 aromatic heterocycles. The predicted molar refractivity (Wildman–Crippen MR) is 60.8 cm³/mol. The van der Waals surface area contributed by atoms with Gasteiger partial charge in [0, 0.05) is 12.2 Å². The number of hydrogen-bond acceptors (Lipinski definition) is 3. The van der Waals surface area contributed by atoms with Crippen molar-refractivity contribution in [2.24, 2.45) is 0 Å². The molecule has 0 amide bonds. The lowest BCUT2D eigenvalue weighted by Crippen LogP contribution is -2.32. The molecule has 2 heterocycles. The number of aliphatic carboxylic acids is 1. The molecule has 0 unspecified atom stereocenters. The highest BCUT2D eigenvalue weighted by Crippen LogP contribution is 2.35. The van der Waals surface area contributed by atoms with E-state index >= 15 is 0 Å². The van der Waals surface area contributed by atoms with Gasteiger partial charge in [-0.1, -0.05) is 11.6 Å². The lowest BCUT2D eigenvalue weighted by atomic mass is 10.1. The van der Waals surface area contributed by atoms with Crippen molar-refractivity contribution in [3.63, 3.8) is 0 Å². The minimum atomic E-state index is -4.55. The highest BCUT2D eigenvalue weighted by atomic mass is 35.5. The van der Waals surface area contributed by atoms with Gasteiger partial charge in [-0.3, -0.25) is 15.1 Å². The molecule has 104 valence electrons. The topological polar surface area (TPSA) is 62.2 Å². The molecular formula is C11H10ClF3N2O2. The van der Waals surface area contributed by atoms with Crippen LogP contribution in [-0.4, -0.2) is 22.1 Å². The Morgan fingerprint density at radius 3 is 2.68 bits per heavy atom. The molecule has 1 aliphatic rings. The first-order valence-corrected chi connectivity index (χ1v) is 5.88. The fourth-order valence-electron chi connectivity index (χ4n) is 2.06. The van der Waals surface area contributed by atoms with Gasteiger partial charge in [0.1, 0.15) is 11.7 Å². The Kier molecular flexibility index (Phi) is 3.69. The number of nitrogens with zero attached hydrogens (tertiary/aromatic N) is 1. The summed E-state index contributed by atoms with van der Waals surface area (Å²) in [5, 5.41) is 11.7. The lowest BCUT2D eigenvalue weighted by Gasteiger charge is -2.15. The molecule has 0 saturated carbocycles. The number of carboxylic acid groups (broad SMARTS) is 1. The molecule has 19 heavy (non-hydrogen) atoms. The van der Waals surface area contributed by atoms with Crippen LogP contribution in [0.15, 0.2) is 12.3 Å². The lowest BCUT2D eigenvalue weighted by molar-refractivity contribution is -0.141. The number of carbonyl (C=O) groups is 1. The fraction of sp³-hybridized carbons (Fsp3) is 0.455. The molecule has 1 aromatic rings. The summed E-state index contributed by atoms with van der Waals surface area (Å²) in [6, 6.07) is -0.397. The first-order chi connectivity index (χ1) is 8.79. The summed E-state index contributed by atoms with van der Waals surface area (Å²) in [7, 11) is 0. The Morgan fingerprint density at radius 1 is 1.47 bits per heavy atom. The van der Waals surface area contributed by atoms with Crippen LogP contribution in [-0.2, 0) is 11.0 Å². The van der Waals surface area contributed by atoms with Gasteiger partial charge >= 0.3 is 12.1 Å². The molecule has 0 radical (unpaired) electrons. The third-order valence-corrected chi connectivity index (χ3v) is 3.31. The second-order valence-electron chi connectivity index (χ2n) is 4.28. The van der Waals surface area contributed by atoms with E-state index in [-0.39, 0.29) is 10.6 Å². The van der Waals surface area contributed by atoms with Crippen LogP contribution in [0.5, 0.6) is 0 Å². The van der Waals surface area contributed by atoms with Gasteiger partial charge in [-0.25, -0.2) is 0 Å². The number of aromatic nitrogens is 1. The molecular weight excluding hydrogens is 285 g/mol. The van der Waals surface area contributed by atoms with Crippen molar-refractivity contribution in [1.29, 1.82) is 0 Å². The summed E-state index contributed by atoms with van der Waals surface area (Å²) in [6.45, 7) is 0. The van der Waals surface area contributed by atoms with E-state index in [2.05, 4.69) is 10.3 Å². The first kappa shape index (κ1) is 14.1. The van der Waals surface area contributed by atoms with Gasteiger partial charge in [-0.15, -0.1) is 0 Å². The minimum absolute atomic E-state index is 0.0940. The van der Waals surface area contributed by atoms with Crippen molar-refractivity contribution >= 4 is 17.6 Å². The number of pyridine rings is 1. The van der Waals surface area contributed by atoms with Gasteiger partial charge in [0.2, 0.25) is 0 Å². The van der Waals surface area contributed by atoms with E-state index in [1.54, 1.807) is 0 Å². The van der Waals surface area contributed by atoms with E-state index in [1.165, 1.54) is 0 Å². The molecule has 0 aliphatic carbocycles. The van der Waals surface area contributed by atoms with Crippen LogP contribution in [0.25, 0.3) is 0 Å². The molecule has 8 heteroatoms. The van der Waals surface area contributed by atoms with Crippen LogP contribution >= 0.6 is 11.6 Å². The van der Waals surface area contributed by atoms with Crippen molar-refractivity contribution in [2.45, 2.75) is 31.1 Å². The Balaban J connectivity index is 2.28. The summed E-state index contributed by atoms with van der Waals surface area (Å²) in [4.78, 5) is 14.0. The van der Waals surface area contributed by atoms with Gasteiger partial charge in [0.15, 0.2) is 0 Å². The smallest absolute Gasteiger partial charge is 0.433 e. The fourth-order valence-corrected chi connectivity index (χ4v) is 2.29. The van der Waals surface area contributed by atoms with Crippen LogP contribution in [0.4, 0.5) is 13.2 Å². The monoisotopic (exact) mass is 294 g/mol. The third-order valence-electron chi connectivity index (χ3n) is 3.00. The zero-order valence-electron chi connectivity index (χ0n) is 9.54. The molecule has 1 aliphatic heterocycles. The predicted octanol–water partition coefficient (Wildman–Crippen LogP) is 2.63. The maximum atomic E-state index is 12.6. The molecule has 1 saturated heterocycles. The van der Waals surface area contributed by atoms with Crippen molar-refractivity contribution in [1.82, 2.24) is 10.3 Å². The molecule has 2 N–H and O–H groups in total. The van der Waals surface area contributed by atoms with Crippen LogP contribution in [0, 0.1) is 0 Å². The summed E-state index contributed by atoms with van der Waals surface area (Å²) in [5.74, 6) is -1.02. The van der Waals surface area contributed by atoms with Gasteiger partial charge in [-0.05, 0) is 24.5 Å². The molecule has 0 bridgehead atoms. The van der Waals surface area contributed by atoms with E-state index in [0.717, 1.165) is 12.3 Å². The van der Waals surface area contributed by atoms with E-state index in [9.17, 15) is 18.0 Å². The van der Waals surface area contributed by atoms with Gasteiger partial charge < -0.3 is 5.11 Å². The number of halogens is 4. The second-order valence-corrected chi connectivity index (χ2v) is 4.68. The summed E-state index contributed by atoms with van der Waals surface area (Å²) >= 11 is 5.84. The summed E-state index contributed by atoms with van der Waals surface area (Å²) in [5.41, 5.74) is -0.805. The van der Waals surface area contributed by atoms with Crippen LogP contribution in [0.3, 0.4) is 0 Å². The molecule has 2 rings (SSSR count). The van der Waals surface area contributed by atoms with Gasteiger partial charge in [0.25, 0.3) is 0 Å². The van der Waals surface area contributed by atoms with Crippen molar-refractivity contribution in [2.75, 3.05) is 0 Å². The van der Waals surface area contributed by atoms with Crippen LogP contribution < -0.4 is 5.32 Å². The second kappa shape index (κ2) is 4.97. The molecule has 0 aromatic carbocycles. The molecule has 2 atom stereocenters. The van der Waals surface area contributed by atoms with E-state index in [4.69, 9.17) is 16.7 Å². The third kappa shape index (κ3) is 2.98. The van der Waals surface area contributed by atoms with E-state index in [1.807, 2.05) is 0 Å². The number of carboxylic acids is 1. The van der Waals surface area contributed by atoms with E-state index in [0.29, 0.717) is 12.8 Å². The Bertz CT molecular complexity index is 507. The number of rotatable bonds is 2. The quantitative estimate of drug-likeness (QED) is 0.880. The first-order valence-electron chi connectivity index (χ1n) is 5.50. The maximum absolute atomic E-state index is 12.6. The van der Waals surface area contributed by atoms with Crippen molar-refractivity contribution in [3.8, 4) is 0 Å². The van der Waals surface area contributed by atoms with E-state index < -0.39 is 29.9 Å². The largest absolute Gasteiger partial charge is 0.480 e. The SMILES string of the molecule is O=C(O)[C@@H]1CC[C@@H](c2cc(C(F)(F)F)ncc2Cl)N1. The van der Waals surface area contributed by atoms with Crippen molar-refractivity contribution < 1.29 is 23.1 Å². The summed E-state index contributed by atoms with van der Waals surface area (Å²) in [6.07, 6.45) is -2.85. The van der Waals surface area contributed by atoms with Crippen molar-refractivity contribution in [3.05, 3.63) is 28.5 Å². The maximum Gasteiger partial charge on any atom is 0.433 e.